The molecule has 0 bridgehead atoms. The zero-order valence-corrected chi connectivity index (χ0v) is 19.5. The van der Waals surface area contributed by atoms with Gasteiger partial charge in [-0.2, -0.15) is 0 Å². The summed E-state index contributed by atoms with van der Waals surface area (Å²) in [5.74, 6) is -1.20. The number of nitrogens with zero attached hydrogens (tertiary/aromatic N) is 2. The van der Waals surface area contributed by atoms with E-state index >= 15 is 0 Å². The molecule has 176 valence electrons. The van der Waals surface area contributed by atoms with Crippen LogP contribution in [0.1, 0.15) is 36.0 Å². The molecule has 7 nitrogen and oxygen atoms in total. The number of rotatable bonds is 3. The van der Waals surface area contributed by atoms with Crippen LogP contribution in [-0.2, 0) is 23.2 Å². The lowest BCUT2D eigenvalue weighted by atomic mass is 9.88. The van der Waals surface area contributed by atoms with Gasteiger partial charge in [-0.3, -0.25) is 23.5 Å². The number of aryl methyl sites for hydroxylation is 2. The number of carbonyl (C=O) groups is 2. The van der Waals surface area contributed by atoms with E-state index in [2.05, 4.69) is 0 Å². The van der Waals surface area contributed by atoms with Gasteiger partial charge in [-0.25, -0.2) is 4.79 Å². The summed E-state index contributed by atoms with van der Waals surface area (Å²) in [4.78, 5) is 51.4. The Bertz CT molecular complexity index is 1690. The first-order chi connectivity index (χ1) is 16.8. The summed E-state index contributed by atoms with van der Waals surface area (Å²) in [5.41, 5.74) is 0.711. The summed E-state index contributed by atoms with van der Waals surface area (Å²) in [6, 6.07) is 16.7. The fraction of sp³-hybridized carbons (Fsp3) is 0.214. The lowest BCUT2D eigenvalue weighted by molar-refractivity contribution is -0.123. The minimum absolute atomic E-state index is 0.0833. The largest absolute Gasteiger partial charge is 0.506 e. The highest BCUT2D eigenvalue weighted by Crippen LogP contribution is 2.29. The molecule has 0 radical (unpaired) electrons. The molecule has 0 amide bonds. The molecule has 7 heteroatoms. The molecular formula is C28H24N2O5. The minimum atomic E-state index is -0.491. The second-order valence-electron chi connectivity index (χ2n) is 8.97. The fourth-order valence-corrected chi connectivity index (χ4v) is 4.88. The van der Waals surface area contributed by atoms with Crippen molar-refractivity contribution >= 4 is 39.0 Å². The fourth-order valence-electron chi connectivity index (χ4n) is 4.88. The van der Waals surface area contributed by atoms with Crippen molar-refractivity contribution in [3.63, 3.8) is 0 Å². The Kier molecular flexibility index (Phi) is 5.47. The maximum Gasteiger partial charge on any atom is 0.331 e. The number of aliphatic hydroxyl groups excluding tert-OH is 1. The van der Waals surface area contributed by atoms with Crippen LogP contribution in [0.2, 0.25) is 0 Å². The van der Waals surface area contributed by atoms with E-state index in [-0.39, 0.29) is 35.9 Å². The Hall–Kier alpha value is -4.26. The van der Waals surface area contributed by atoms with Crippen molar-refractivity contribution in [2.75, 3.05) is 0 Å². The maximum atomic E-state index is 13.6. The van der Waals surface area contributed by atoms with E-state index in [0.717, 1.165) is 16.3 Å². The highest BCUT2D eigenvalue weighted by atomic mass is 16.3. The van der Waals surface area contributed by atoms with Gasteiger partial charge in [0.25, 0.3) is 5.56 Å². The third kappa shape index (κ3) is 3.69. The summed E-state index contributed by atoms with van der Waals surface area (Å²) >= 11 is 0. The normalized spacial score (nSPS) is 14.2. The second kappa shape index (κ2) is 8.51. The molecule has 0 aliphatic heterocycles. The molecule has 4 aromatic rings. The van der Waals surface area contributed by atoms with Gasteiger partial charge in [0, 0.05) is 25.5 Å². The number of fused-ring (bicyclic) bond motifs is 2. The molecule has 1 aliphatic rings. The molecule has 0 saturated heterocycles. The number of hydrogen-bond acceptors (Lipinski definition) is 5. The quantitative estimate of drug-likeness (QED) is 0.280. The van der Waals surface area contributed by atoms with E-state index < -0.39 is 28.6 Å². The van der Waals surface area contributed by atoms with E-state index in [1.54, 1.807) is 26.1 Å². The van der Waals surface area contributed by atoms with Gasteiger partial charge in [0.1, 0.15) is 11.3 Å². The Labute approximate surface area is 200 Å². The van der Waals surface area contributed by atoms with Gasteiger partial charge in [-0.05, 0) is 53.4 Å². The SMILES string of the molecule is Cc1c(C(O)=C2C(=O)CCCC2=O)ccc2c1c(=O)n(Cc1ccc3ccccc3c1)c(=O)n2C. The minimum Gasteiger partial charge on any atom is -0.506 e. The summed E-state index contributed by atoms with van der Waals surface area (Å²) < 4.78 is 2.57. The standard InChI is InChI=1S/C28H24N2O5/c1-16-20(26(33)25-22(31)8-5-9-23(25)32)12-13-21-24(16)27(34)30(28(35)29(21)2)15-17-10-11-18-6-3-4-7-19(18)14-17/h3-4,6-7,10-14,33H,5,8-9,15H2,1-2H3. The molecule has 0 spiro atoms. The van der Waals surface area contributed by atoms with Gasteiger partial charge < -0.3 is 5.11 Å². The van der Waals surface area contributed by atoms with Gasteiger partial charge in [0.15, 0.2) is 11.6 Å². The van der Waals surface area contributed by atoms with Crippen LogP contribution in [0.25, 0.3) is 27.4 Å². The van der Waals surface area contributed by atoms with Crippen molar-refractivity contribution in [2.45, 2.75) is 32.7 Å². The number of hydrogen-bond donors (Lipinski definition) is 1. The van der Waals surface area contributed by atoms with Crippen molar-refractivity contribution < 1.29 is 14.7 Å². The molecule has 0 atom stereocenters. The molecule has 35 heavy (non-hydrogen) atoms. The van der Waals surface area contributed by atoms with Crippen LogP contribution in [0.15, 0.2) is 69.8 Å². The van der Waals surface area contributed by atoms with Gasteiger partial charge in [-0.1, -0.05) is 36.4 Å². The Morgan fingerprint density at radius 1 is 0.914 bits per heavy atom. The van der Waals surface area contributed by atoms with Crippen LogP contribution < -0.4 is 11.2 Å². The summed E-state index contributed by atoms with van der Waals surface area (Å²) in [5, 5.41) is 13.2. The third-order valence-corrected chi connectivity index (χ3v) is 6.79. The summed E-state index contributed by atoms with van der Waals surface area (Å²) in [6.45, 7) is 1.73. The Balaban J connectivity index is 1.70. The summed E-state index contributed by atoms with van der Waals surface area (Å²) in [7, 11) is 1.59. The number of Topliss-reactive ketones (excluding diaryl/α,β-unsaturated/α-hetero) is 2. The molecule has 0 unspecified atom stereocenters. The molecule has 5 rings (SSSR count). The molecule has 1 aliphatic carbocycles. The lowest BCUT2D eigenvalue weighted by Gasteiger charge is -2.17. The maximum absolute atomic E-state index is 13.6. The van der Waals surface area contributed by atoms with Crippen LogP contribution >= 0.6 is 0 Å². The van der Waals surface area contributed by atoms with Crippen LogP contribution in [0.3, 0.4) is 0 Å². The molecule has 1 fully saturated rings. The molecule has 1 aromatic heterocycles. The topological polar surface area (TPSA) is 98.4 Å². The molecule has 1 saturated carbocycles. The predicted octanol–water partition coefficient (Wildman–Crippen LogP) is 3.80. The number of aromatic nitrogens is 2. The van der Waals surface area contributed by atoms with E-state index in [1.807, 2.05) is 42.5 Å². The van der Waals surface area contributed by atoms with Gasteiger partial charge in [0.2, 0.25) is 0 Å². The van der Waals surface area contributed by atoms with Crippen LogP contribution in [0.5, 0.6) is 0 Å². The first kappa shape index (κ1) is 22.5. The average Bonchev–Trinajstić information content (AvgIpc) is 2.84. The van der Waals surface area contributed by atoms with Crippen molar-refractivity contribution in [2.24, 2.45) is 7.05 Å². The zero-order valence-electron chi connectivity index (χ0n) is 19.5. The first-order valence-electron chi connectivity index (χ1n) is 11.5. The monoisotopic (exact) mass is 468 g/mol. The molecule has 1 N–H and O–H groups in total. The smallest absolute Gasteiger partial charge is 0.331 e. The van der Waals surface area contributed by atoms with Crippen molar-refractivity contribution in [1.29, 1.82) is 0 Å². The highest BCUT2D eigenvalue weighted by Gasteiger charge is 2.28. The predicted molar refractivity (Wildman–Crippen MR) is 135 cm³/mol. The first-order valence-corrected chi connectivity index (χ1v) is 11.5. The van der Waals surface area contributed by atoms with E-state index in [9.17, 15) is 24.3 Å². The second-order valence-corrected chi connectivity index (χ2v) is 8.97. The number of allylic oxidation sites excluding steroid dienone is 1. The van der Waals surface area contributed by atoms with E-state index in [4.69, 9.17) is 0 Å². The molecule has 1 heterocycles. The third-order valence-electron chi connectivity index (χ3n) is 6.79. The van der Waals surface area contributed by atoms with E-state index in [0.29, 0.717) is 17.5 Å². The molecule has 3 aromatic carbocycles. The van der Waals surface area contributed by atoms with Crippen molar-refractivity contribution in [3.05, 3.63) is 97.7 Å². The van der Waals surface area contributed by atoms with Gasteiger partial charge in [-0.15, -0.1) is 0 Å². The van der Waals surface area contributed by atoms with Crippen LogP contribution in [0, 0.1) is 6.92 Å². The summed E-state index contributed by atoms with van der Waals surface area (Å²) in [6.07, 6.45) is 0.863. The van der Waals surface area contributed by atoms with Crippen molar-refractivity contribution in [3.8, 4) is 0 Å². The number of aliphatic hydroxyl groups is 1. The Morgan fingerprint density at radius 3 is 2.31 bits per heavy atom. The lowest BCUT2D eigenvalue weighted by Crippen LogP contribution is -2.39. The van der Waals surface area contributed by atoms with Crippen LogP contribution in [-0.4, -0.2) is 25.8 Å². The average molecular weight is 469 g/mol. The highest BCUT2D eigenvalue weighted by molar-refractivity contribution is 6.25. The number of benzene rings is 3. The number of carbonyl (C=O) groups excluding carboxylic acids is 2. The Morgan fingerprint density at radius 2 is 1.60 bits per heavy atom. The number of ketones is 2. The van der Waals surface area contributed by atoms with Crippen molar-refractivity contribution in [1.82, 2.24) is 9.13 Å². The zero-order chi connectivity index (χ0) is 24.9. The molecular weight excluding hydrogens is 444 g/mol. The van der Waals surface area contributed by atoms with E-state index in [1.165, 1.54) is 9.13 Å². The van der Waals surface area contributed by atoms with Crippen LogP contribution in [0.4, 0.5) is 0 Å². The van der Waals surface area contributed by atoms with Gasteiger partial charge >= 0.3 is 5.69 Å². The van der Waals surface area contributed by atoms with Gasteiger partial charge in [0.05, 0.1) is 17.4 Å².